The van der Waals surface area contributed by atoms with Gasteiger partial charge in [0.15, 0.2) is 0 Å². The van der Waals surface area contributed by atoms with Crippen LogP contribution in [0.5, 0.6) is 0 Å². The molecule has 4 nitrogen and oxygen atoms in total. The Hall–Kier alpha value is -1.62. The van der Waals surface area contributed by atoms with Crippen molar-refractivity contribution in [1.82, 2.24) is 0 Å². The molecule has 0 unspecified atom stereocenters. The molecule has 0 aromatic heterocycles. The van der Waals surface area contributed by atoms with Gasteiger partial charge in [-0.2, -0.15) is 0 Å². The molecule has 5 heteroatoms. The smallest absolute Gasteiger partial charge is 0.335 e. The number of carbonyl (C=O) groups is 1. The van der Waals surface area contributed by atoms with E-state index in [0.717, 1.165) is 12.1 Å². The highest BCUT2D eigenvalue weighted by atomic mass is 19.1. The van der Waals surface area contributed by atoms with E-state index in [2.05, 4.69) is 5.43 Å². The minimum atomic E-state index is -1.19. The molecule has 0 amide bonds. The van der Waals surface area contributed by atoms with Crippen LogP contribution >= 0.6 is 0 Å². The standard InChI is InChI=1S/C7H7FN2O2/c8-5-1-4(7(11)12)2-6(3-5)10-9/h1-3,10H,9H2,(H,11,12). The number of halogens is 1. The Morgan fingerprint density at radius 3 is 2.67 bits per heavy atom. The molecule has 0 fully saturated rings. The van der Waals surface area contributed by atoms with Crippen LogP contribution in [-0.2, 0) is 0 Å². The third-order valence-electron chi connectivity index (χ3n) is 1.31. The molecule has 0 aliphatic carbocycles. The van der Waals surface area contributed by atoms with Crippen molar-refractivity contribution in [3.8, 4) is 0 Å². The summed E-state index contributed by atoms with van der Waals surface area (Å²) < 4.78 is 12.6. The van der Waals surface area contributed by atoms with E-state index in [1.165, 1.54) is 6.07 Å². The van der Waals surface area contributed by atoms with Crippen LogP contribution in [0.3, 0.4) is 0 Å². The zero-order chi connectivity index (χ0) is 9.14. The summed E-state index contributed by atoms with van der Waals surface area (Å²) in [6.45, 7) is 0. The van der Waals surface area contributed by atoms with Gasteiger partial charge in [0.1, 0.15) is 5.82 Å². The van der Waals surface area contributed by atoms with E-state index in [-0.39, 0.29) is 11.3 Å². The van der Waals surface area contributed by atoms with Crippen LogP contribution < -0.4 is 11.3 Å². The van der Waals surface area contributed by atoms with Crippen molar-refractivity contribution in [2.45, 2.75) is 0 Å². The highest BCUT2D eigenvalue weighted by Crippen LogP contribution is 2.12. The highest BCUT2D eigenvalue weighted by molar-refractivity contribution is 5.88. The average molecular weight is 170 g/mol. The first-order valence-corrected chi connectivity index (χ1v) is 3.14. The minimum absolute atomic E-state index is 0.136. The fourth-order valence-electron chi connectivity index (χ4n) is 0.796. The number of benzene rings is 1. The van der Waals surface area contributed by atoms with Gasteiger partial charge in [0.2, 0.25) is 0 Å². The Labute approximate surface area is 67.8 Å². The molecule has 12 heavy (non-hydrogen) atoms. The van der Waals surface area contributed by atoms with E-state index in [0.29, 0.717) is 0 Å². The van der Waals surface area contributed by atoms with Crippen molar-refractivity contribution in [3.63, 3.8) is 0 Å². The van der Waals surface area contributed by atoms with E-state index in [9.17, 15) is 9.18 Å². The number of nitrogen functional groups attached to an aromatic ring is 1. The van der Waals surface area contributed by atoms with E-state index >= 15 is 0 Å². The molecule has 0 radical (unpaired) electrons. The molecule has 0 spiro atoms. The molecular weight excluding hydrogens is 163 g/mol. The van der Waals surface area contributed by atoms with Crippen molar-refractivity contribution in [2.24, 2.45) is 5.84 Å². The van der Waals surface area contributed by atoms with Crippen LogP contribution in [0, 0.1) is 5.82 Å². The van der Waals surface area contributed by atoms with E-state index in [1.807, 2.05) is 0 Å². The van der Waals surface area contributed by atoms with Crippen molar-refractivity contribution in [3.05, 3.63) is 29.6 Å². The maximum absolute atomic E-state index is 12.6. The van der Waals surface area contributed by atoms with E-state index in [1.54, 1.807) is 0 Å². The van der Waals surface area contributed by atoms with Crippen LogP contribution in [-0.4, -0.2) is 11.1 Å². The number of hydrazine groups is 1. The molecule has 64 valence electrons. The van der Waals surface area contributed by atoms with Crippen LogP contribution in [0.1, 0.15) is 10.4 Å². The monoisotopic (exact) mass is 170 g/mol. The second kappa shape index (κ2) is 3.19. The number of carboxylic acids is 1. The lowest BCUT2D eigenvalue weighted by Crippen LogP contribution is -2.08. The molecule has 0 atom stereocenters. The topological polar surface area (TPSA) is 75.3 Å². The molecular formula is C7H7FN2O2. The number of carboxylic acid groups (broad SMARTS) is 1. The van der Waals surface area contributed by atoms with Gasteiger partial charge >= 0.3 is 5.97 Å². The lowest BCUT2D eigenvalue weighted by atomic mass is 10.2. The normalized spacial score (nSPS) is 9.50. The first-order valence-electron chi connectivity index (χ1n) is 3.14. The summed E-state index contributed by atoms with van der Waals surface area (Å²) in [7, 11) is 0. The second-order valence-electron chi connectivity index (χ2n) is 2.18. The van der Waals surface area contributed by atoms with Crippen molar-refractivity contribution in [1.29, 1.82) is 0 Å². The van der Waals surface area contributed by atoms with Crippen LogP contribution in [0.25, 0.3) is 0 Å². The maximum atomic E-state index is 12.6. The summed E-state index contributed by atoms with van der Waals surface area (Å²) in [5.41, 5.74) is 2.25. The van der Waals surface area contributed by atoms with Crippen LogP contribution in [0.2, 0.25) is 0 Å². The summed E-state index contributed by atoms with van der Waals surface area (Å²) in [5, 5.41) is 8.49. The number of hydrogen-bond acceptors (Lipinski definition) is 3. The van der Waals surface area contributed by atoms with Crippen molar-refractivity contribution >= 4 is 11.7 Å². The first kappa shape index (κ1) is 8.48. The summed E-state index contributed by atoms with van der Waals surface area (Å²) in [6, 6.07) is 3.26. The summed E-state index contributed by atoms with van der Waals surface area (Å²) in [4.78, 5) is 10.4. The quantitative estimate of drug-likeness (QED) is 0.453. The molecule has 4 N–H and O–H groups in total. The fourth-order valence-corrected chi connectivity index (χ4v) is 0.796. The van der Waals surface area contributed by atoms with Crippen LogP contribution in [0.15, 0.2) is 18.2 Å². The molecule has 0 bridgehead atoms. The van der Waals surface area contributed by atoms with Gasteiger partial charge in [0.25, 0.3) is 0 Å². The molecule has 1 aromatic carbocycles. The Kier molecular flexibility index (Phi) is 2.25. The van der Waals surface area contributed by atoms with Gasteiger partial charge in [0.05, 0.1) is 11.3 Å². The fraction of sp³-hybridized carbons (Fsp3) is 0. The lowest BCUT2D eigenvalue weighted by molar-refractivity contribution is 0.0696. The number of anilines is 1. The van der Waals surface area contributed by atoms with Gasteiger partial charge < -0.3 is 10.5 Å². The van der Waals surface area contributed by atoms with E-state index in [4.69, 9.17) is 10.9 Å². The minimum Gasteiger partial charge on any atom is -0.478 e. The zero-order valence-corrected chi connectivity index (χ0v) is 6.04. The summed E-state index contributed by atoms with van der Waals surface area (Å²) in [6.07, 6.45) is 0. The molecule has 0 aliphatic rings. The number of nitrogens with two attached hydrogens (primary N) is 1. The first-order chi connectivity index (χ1) is 5.63. The number of nitrogens with one attached hydrogen (secondary N) is 1. The molecule has 0 aliphatic heterocycles. The molecule has 1 aromatic rings. The maximum Gasteiger partial charge on any atom is 0.335 e. The lowest BCUT2D eigenvalue weighted by Gasteiger charge is -2.01. The molecule has 0 saturated heterocycles. The molecule has 0 heterocycles. The summed E-state index contributed by atoms with van der Waals surface area (Å²) >= 11 is 0. The van der Waals surface area contributed by atoms with Crippen LogP contribution in [0.4, 0.5) is 10.1 Å². The second-order valence-corrected chi connectivity index (χ2v) is 2.18. The highest BCUT2D eigenvalue weighted by Gasteiger charge is 2.05. The Bertz CT molecular complexity index is 314. The zero-order valence-electron chi connectivity index (χ0n) is 6.04. The molecule has 1 rings (SSSR count). The van der Waals surface area contributed by atoms with Gasteiger partial charge in [-0.15, -0.1) is 0 Å². The predicted molar refractivity (Wildman–Crippen MR) is 41.2 cm³/mol. The van der Waals surface area contributed by atoms with Gasteiger partial charge in [0, 0.05) is 0 Å². The van der Waals surface area contributed by atoms with Gasteiger partial charge in [-0.05, 0) is 18.2 Å². The number of aromatic carboxylic acids is 1. The predicted octanol–water partition coefficient (Wildman–Crippen LogP) is 0.810. The Balaban J connectivity index is 3.15. The average Bonchev–Trinajstić information content (AvgIpc) is 2.03. The Morgan fingerprint density at radius 1 is 1.50 bits per heavy atom. The third kappa shape index (κ3) is 1.70. The summed E-state index contributed by atoms with van der Waals surface area (Å²) in [5.74, 6) is 3.15. The molecule has 0 saturated carbocycles. The third-order valence-corrected chi connectivity index (χ3v) is 1.31. The van der Waals surface area contributed by atoms with Crippen molar-refractivity contribution < 1.29 is 14.3 Å². The van der Waals surface area contributed by atoms with E-state index < -0.39 is 11.8 Å². The van der Waals surface area contributed by atoms with Gasteiger partial charge in [-0.3, -0.25) is 5.84 Å². The van der Waals surface area contributed by atoms with Gasteiger partial charge in [-0.1, -0.05) is 0 Å². The Morgan fingerprint density at radius 2 is 2.17 bits per heavy atom. The largest absolute Gasteiger partial charge is 0.478 e. The van der Waals surface area contributed by atoms with Crippen molar-refractivity contribution in [2.75, 3.05) is 5.43 Å². The number of hydrogen-bond donors (Lipinski definition) is 3. The number of rotatable bonds is 2. The van der Waals surface area contributed by atoms with Gasteiger partial charge in [-0.25, -0.2) is 9.18 Å². The SMILES string of the molecule is NNc1cc(F)cc(C(=O)O)c1.